The molecule has 3 N–H and O–H groups in total. The average molecular weight is 456 g/mol. The highest BCUT2D eigenvalue weighted by Crippen LogP contribution is 2.41. The van der Waals surface area contributed by atoms with Crippen LogP contribution in [0.4, 0.5) is 26.7 Å². The van der Waals surface area contributed by atoms with Gasteiger partial charge in [-0.2, -0.15) is 0 Å². The number of carbonyl (C=O) groups is 2. The molecule has 0 radical (unpaired) electrons. The molecule has 0 unspecified atom stereocenters. The third-order valence-corrected chi connectivity index (χ3v) is 4.77. The van der Waals surface area contributed by atoms with Crippen LogP contribution >= 0.6 is 0 Å². The number of para-hydroxylation sites is 2. The number of hydrogen-bond acceptors (Lipinski definition) is 6. The van der Waals surface area contributed by atoms with Gasteiger partial charge in [0.25, 0.3) is 5.69 Å². The number of ether oxygens (including phenoxy) is 2. The van der Waals surface area contributed by atoms with Crippen molar-refractivity contribution in [1.29, 1.82) is 0 Å². The molecule has 0 aromatic heterocycles. The largest absolute Gasteiger partial charge is 0.487 e. The molecule has 10 heteroatoms. The van der Waals surface area contributed by atoms with Gasteiger partial charge in [0.15, 0.2) is 0 Å². The summed E-state index contributed by atoms with van der Waals surface area (Å²) in [6, 6.07) is 9.97. The Balaban J connectivity index is 1.81. The Morgan fingerprint density at radius 3 is 2.52 bits per heavy atom. The molecule has 1 heterocycles. The number of benzene rings is 2. The molecule has 3 amide bonds. The molecule has 0 bridgehead atoms. The van der Waals surface area contributed by atoms with Crippen LogP contribution in [-0.2, 0) is 4.74 Å². The number of anilines is 2. The molecule has 3 rings (SSSR count). The molecule has 2 aromatic rings. The number of urea groups is 1. The maximum atomic E-state index is 12.7. The molecule has 0 saturated heterocycles. The number of rotatable bonds is 4. The number of fused-ring (bicyclic) bond motifs is 1. The molecule has 176 valence electrons. The molecule has 0 fully saturated rings. The van der Waals surface area contributed by atoms with Crippen LogP contribution in [0, 0.1) is 10.1 Å². The average Bonchev–Trinajstić information content (AvgIpc) is 2.66. The summed E-state index contributed by atoms with van der Waals surface area (Å²) in [5.74, 6) is 0.567. The second-order valence-corrected chi connectivity index (χ2v) is 9.37. The fourth-order valence-electron chi connectivity index (χ4n) is 3.54. The minimum absolute atomic E-state index is 0.0897. The normalized spacial score (nSPS) is 16.6. The van der Waals surface area contributed by atoms with Crippen molar-refractivity contribution in [2.75, 3.05) is 10.6 Å². The van der Waals surface area contributed by atoms with E-state index in [0.717, 1.165) is 0 Å². The zero-order chi connectivity index (χ0) is 24.4. The van der Waals surface area contributed by atoms with Crippen LogP contribution in [0.25, 0.3) is 0 Å². The molecule has 1 atom stereocenters. The lowest BCUT2D eigenvalue weighted by Gasteiger charge is -2.38. The van der Waals surface area contributed by atoms with Crippen LogP contribution in [0.15, 0.2) is 42.5 Å². The molecule has 0 aliphatic carbocycles. The maximum absolute atomic E-state index is 12.7. The summed E-state index contributed by atoms with van der Waals surface area (Å²) < 4.78 is 11.3. The van der Waals surface area contributed by atoms with E-state index in [1.807, 2.05) is 13.8 Å². The monoisotopic (exact) mass is 456 g/mol. The Labute approximate surface area is 191 Å². The van der Waals surface area contributed by atoms with E-state index in [9.17, 15) is 19.7 Å². The lowest BCUT2D eigenvalue weighted by atomic mass is 9.89. The van der Waals surface area contributed by atoms with Crippen molar-refractivity contribution in [3.8, 4) is 5.75 Å². The van der Waals surface area contributed by atoms with Crippen molar-refractivity contribution in [3.05, 3.63) is 58.1 Å². The predicted octanol–water partition coefficient (Wildman–Crippen LogP) is 5.37. The van der Waals surface area contributed by atoms with E-state index in [4.69, 9.17) is 9.47 Å². The molecule has 2 aromatic carbocycles. The molecule has 1 aliphatic heterocycles. The van der Waals surface area contributed by atoms with Crippen LogP contribution in [0.3, 0.4) is 0 Å². The van der Waals surface area contributed by atoms with Crippen LogP contribution < -0.4 is 20.7 Å². The zero-order valence-electron chi connectivity index (χ0n) is 19.2. The van der Waals surface area contributed by atoms with Crippen molar-refractivity contribution in [3.63, 3.8) is 0 Å². The Kier molecular flexibility index (Phi) is 6.48. The first-order valence-electron chi connectivity index (χ1n) is 10.5. The van der Waals surface area contributed by atoms with Gasteiger partial charge in [-0.3, -0.25) is 15.4 Å². The highest BCUT2D eigenvalue weighted by atomic mass is 16.6. The smallest absolute Gasteiger partial charge is 0.412 e. The van der Waals surface area contributed by atoms with E-state index >= 15 is 0 Å². The molecule has 10 nitrogen and oxygen atoms in total. The summed E-state index contributed by atoms with van der Waals surface area (Å²) in [4.78, 5) is 35.5. The van der Waals surface area contributed by atoms with Crippen molar-refractivity contribution in [2.45, 2.75) is 58.3 Å². The van der Waals surface area contributed by atoms with Gasteiger partial charge in [-0.15, -0.1) is 0 Å². The van der Waals surface area contributed by atoms with E-state index in [1.165, 1.54) is 18.2 Å². The van der Waals surface area contributed by atoms with Crippen LogP contribution in [0.5, 0.6) is 5.75 Å². The SMILES string of the molecule is CC(C)(C)OC(=O)Nc1ccc2c(c1)[C@H](NC(=O)Nc1ccccc1[N+](=O)[O-])CC(C)(C)O2. The number of hydrogen-bond donors (Lipinski definition) is 3. The Morgan fingerprint density at radius 2 is 1.85 bits per heavy atom. The highest BCUT2D eigenvalue weighted by molar-refractivity contribution is 5.92. The summed E-state index contributed by atoms with van der Waals surface area (Å²) in [6.45, 7) is 9.11. The first-order valence-corrected chi connectivity index (χ1v) is 10.5. The van der Waals surface area contributed by atoms with Crippen molar-refractivity contribution in [1.82, 2.24) is 5.32 Å². The van der Waals surface area contributed by atoms with Gasteiger partial charge < -0.3 is 20.1 Å². The number of amides is 3. The van der Waals surface area contributed by atoms with Crippen LogP contribution in [0.1, 0.15) is 52.6 Å². The third kappa shape index (κ3) is 6.34. The van der Waals surface area contributed by atoms with Gasteiger partial charge in [0.05, 0.1) is 11.0 Å². The molecule has 33 heavy (non-hydrogen) atoms. The minimum Gasteiger partial charge on any atom is -0.487 e. The lowest BCUT2D eigenvalue weighted by Crippen LogP contribution is -2.42. The van der Waals surface area contributed by atoms with E-state index in [1.54, 1.807) is 45.0 Å². The quantitative estimate of drug-likeness (QED) is 0.419. The minimum atomic E-state index is -0.645. The molecule has 0 saturated carbocycles. The number of nitro groups is 1. The van der Waals surface area contributed by atoms with Gasteiger partial charge >= 0.3 is 12.1 Å². The Bertz CT molecular complexity index is 1080. The van der Waals surface area contributed by atoms with Crippen molar-refractivity contribution in [2.24, 2.45) is 0 Å². The van der Waals surface area contributed by atoms with Gasteiger partial charge in [0.1, 0.15) is 22.6 Å². The highest BCUT2D eigenvalue weighted by Gasteiger charge is 2.35. The third-order valence-electron chi connectivity index (χ3n) is 4.77. The molecule has 0 spiro atoms. The maximum Gasteiger partial charge on any atom is 0.412 e. The van der Waals surface area contributed by atoms with Crippen LogP contribution in [-0.4, -0.2) is 28.2 Å². The van der Waals surface area contributed by atoms with Crippen molar-refractivity contribution < 1.29 is 24.0 Å². The van der Waals surface area contributed by atoms with Crippen LogP contribution in [0.2, 0.25) is 0 Å². The molecular formula is C23H28N4O6. The number of nitro benzene ring substituents is 1. The fourth-order valence-corrected chi connectivity index (χ4v) is 3.54. The topological polar surface area (TPSA) is 132 Å². The molecular weight excluding hydrogens is 428 g/mol. The first kappa shape index (κ1) is 23.8. The number of nitrogens with one attached hydrogen (secondary N) is 3. The Hall–Kier alpha value is -3.82. The van der Waals surface area contributed by atoms with E-state index in [0.29, 0.717) is 23.4 Å². The molecule has 1 aliphatic rings. The van der Waals surface area contributed by atoms with E-state index in [2.05, 4.69) is 16.0 Å². The predicted molar refractivity (Wildman–Crippen MR) is 124 cm³/mol. The van der Waals surface area contributed by atoms with Gasteiger partial charge in [-0.1, -0.05) is 12.1 Å². The van der Waals surface area contributed by atoms with Gasteiger partial charge in [-0.05, 0) is 58.9 Å². The van der Waals surface area contributed by atoms with Gasteiger partial charge in [-0.25, -0.2) is 9.59 Å². The summed E-state index contributed by atoms with van der Waals surface area (Å²) in [6.07, 6.45) is -0.154. The van der Waals surface area contributed by atoms with Gasteiger partial charge in [0.2, 0.25) is 0 Å². The lowest BCUT2D eigenvalue weighted by molar-refractivity contribution is -0.383. The summed E-state index contributed by atoms with van der Waals surface area (Å²) >= 11 is 0. The number of nitrogens with zero attached hydrogens (tertiary/aromatic N) is 1. The summed E-state index contributed by atoms with van der Waals surface area (Å²) in [7, 11) is 0. The number of carbonyl (C=O) groups excluding carboxylic acids is 2. The van der Waals surface area contributed by atoms with E-state index in [-0.39, 0.29) is 11.4 Å². The Morgan fingerprint density at radius 1 is 1.15 bits per heavy atom. The van der Waals surface area contributed by atoms with Crippen molar-refractivity contribution >= 4 is 29.2 Å². The second kappa shape index (κ2) is 8.97. The van der Waals surface area contributed by atoms with Gasteiger partial charge in [0, 0.05) is 23.7 Å². The summed E-state index contributed by atoms with van der Waals surface area (Å²) in [5, 5.41) is 19.3. The fraction of sp³-hybridized carbons (Fsp3) is 0.391. The second-order valence-electron chi connectivity index (χ2n) is 9.37. The van der Waals surface area contributed by atoms with E-state index < -0.39 is 34.3 Å². The zero-order valence-corrected chi connectivity index (χ0v) is 19.2. The first-order chi connectivity index (χ1) is 15.3. The standard InChI is InChI=1S/C23H28N4O6/c1-22(2,3)33-21(29)24-14-10-11-19-15(12-14)17(13-23(4,5)32-19)26-20(28)25-16-8-6-7-9-18(16)27(30)31/h6-12,17H,13H2,1-5H3,(H,24,29)(H2,25,26,28)/t17-/m1/s1. The summed E-state index contributed by atoms with van der Waals surface area (Å²) in [5.41, 5.74) is -0.175.